The quantitative estimate of drug-likeness (QED) is 0.458. The first-order valence-corrected chi connectivity index (χ1v) is 10.4. The molecule has 164 valence electrons. The van der Waals surface area contributed by atoms with E-state index in [0.29, 0.717) is 37.9 Å². The molecule has 2 unspecified atom stereocenters. The minimum Gasteiger partial charge on any atom is -0.358 e. The molecule has 1 saturated heterocycles. The molecule has 2 aromatic rings. The highest BCUT2D eigenvalue weighted by molar-refractivity contribution is 6.35. The molecule has 0 radical (unpaired) electrons. The second-order valence-corrected chi connectivity index (χ2v) is 8.21. The Balaban J connectivity index is 1.38. The Morgan fingerprint density at radius 3 is 2.65 bits per heavy atom. The normalized spacial score (nSPS) is 21.4. The molecular weight excluding hydrogens is 405 g/mol. The van der Waals surface area contributed by atoms with Gasteiger partial charge in [-0.15, -0.1) is 0 Å². The van der Waals surface area contributed by atoms with Crippen molar-refractivity contribution in [1.29, 1.82) is 0 Å². The van der Waals surface area contributed by atoms with Gasteiger partial charge in [0.15, 0.2) is 0 Å². The number of fused-ring (bicyclic) bond motifs is 1. The number of likely N-dealkylation sites (tertiary alicyclic amines) is 1. The average Bonchev–Trinajstić information content (AvgIpc) is 3.26. The van der Waals surface area contributed by atoms with Crippen LogP contribution in [0.5, 0.6) is 0 Å². The van der Waals surface area contributed by atoms with E-state index in [0.717, 1.165) is 12.0 Å². The highest BCUT2D eigenvalue weighted by atomic mass is 19.1. The van der Waals surface area contributed by atoms with Gasteiger partial charge in [0.05, 0.1) is 29.4 Å². The maximum Gasteiger partial charge on any atom is 0.389 e. The topological polar surface area (TPSA) is 110 Å². The van der Waals surface area contributed by atoms with E-state index in [4.69, 9.17) is 0 Å². The van der Waals surface area contributed by atoms with E-state index in [1.54, 1.807) is 23.0 Å². The second kappa shape index (κ2) is 8.44. The van der Waals surface area contributed by atoms with Crippen molar-refractivity contribution in [2.45, 2.75) is 44.7 Å². The van der Waals surface area contributed by atoms with Crippen molar-refractivity contribution in [3.8, 4) is 0 Å². The van der Waals surface area contributed by atoms with E-state index in [1.807, 2.05) is 6.92 Å². The van der Waals surface area contributed by atoms with Crippen LogP contribution in [0.4, 0.5) is 10.2 Å². The zero-order valence-electron chi connectivity index (χ0n) is 17.2. The van der Waals surface area contributed by atoms with Crippen molar-refractivity contribution in [3.05, 3.63) is 57.5 Å². The second-order valence-electron chi connectivity index (χ2n) is 8.21. The van der Waals surface area contributed by atoms with Crippen LogP contribution >= 0.6 is 0 Å². The van der Waals surface area contributed by atoms with Crippen LogP contribution < -0.4 is 5.32 Å². The van der Waals surface area contributed by atoms with Gasteiger partial charge in [-0.25, -0.2) is 4.39 Å². The highest BCUT2D eigenvalue weighted by Crippen LogP contribution is 2.35. The van der Waals surface area contributed by atoms with Gasteiger partial charge in [0, 0.05) is 13.1 Å². The zero-order valence-corrected chi connectivity index (χ0v) is 17.2. The Bertz CT molecular complexity index is 1010. The van der Waals surface area contributed by atoms with Gasteiger partial charge in [0.1, 0.15) is 5.82 Å². The SMILES string of the molecule is CC1CCc2c(F)cccc2C1NC(=O)C(=O)N1CCC(n2ccc([N+](=O)[O-])n2)CC1. The molecule has 1 aliphatic carbocycles. The summed E-state index contributed by atoms with van der Waals surface area (Å²) in [6, 6.07) is 5.72. The summed E-state index contributed by atoms with van der Waals surface area (Å²) in [4.78, 5) is 37.2. The number of carbonyl (C=O) groups excluding carboxylic acids is 2. The lowest BCUT2D eigenvalue weighted by Gasteiger charge is -2.34. The molecule has 2 heterocycles. The van der Waals surface area contributed by atoms with E-state index in [1.165, 1.54) is 17.0 Å². The van der Waals surface area contributed by atoms with Crippen LogP contribution in [0.2, 0.25) is 0 Å². The fraction of sp³-hybridized carbons (Fsp3) is 0.476. The number of nitro groups is 1. The van der Waals surface area contributed by atoms with Gasteiger partial charge in [-0.3, -0.25) is 9.59 Å². The first-order chi connectivity index (χ1) is 14.8. The lowest BCUT2D eigenvalue weighted by molar-refractivity contribution is -0.389. The molecule has 1 aromatic heterocycles. The molecule has 1 N–H and O–H groups in total. The van der Waals surface area contributed by atoms with Gasteiger partial charge in [-0.05, 0) is 53.7 Å². The van der Waals surface area contributed by atoms with Crippen molar-refractivity contribution in [2.24, 2.45) is 5.92 Å². The van der Waals surface area contributed by atoms with E-state index >= 15 is 0 Å². The third kappa shape index (κ3) is 4.14. The third-order valence-electron chi connectivity index (χ3n) is 6.30. The fourth-order valence-corrected chi connectivity index (χ4v) is 4.50. The molecule has 9 nitrogen and oxygen atoms in total. The molecular formula is C21H24FN5O4. The summed E-state index contributed by atoms with van der Waals surface area (Å²) in [5.41, 5.74) is 1.34. The first-order valence-electron chi connectivity index (χ1n) is 10.4. The number of piperidine rings is 1. The number of hydrogen-bond donors (Lipinski definition) is 1. The lowest BCUT2D eigenvalue weighted by Crippen LogP contribution is -2.48. The monoisotopic (exact) mass is 429 g/mol. The minimum absolute atomic E-state index is 0.0611. The van der Waals surface area contributed by atoms with E-state index in [-0.39, 0.29) is 23.6 Å². The van der Waals surface area contributed by atoms with Crippen LogP contribution in [0, 0.1) is 21.8 Å². The van der Waals surface area contributed by atoms with Crippen molar-refractivity contribution < 1.29 is 18.9 Å². The number of hydrogen-bond acceptors (Lipinski definition) is 5. The predicted molar refractivity (Wildman–Crippen MR) is 109 cm³/mol. The highest BCUT2D eigenvalue weighted by Gasteiger charge is 2.34. The summed E-state index contributed by atoms with van der Waals surface area (Å²) >= 11 is 0. The number of rotatable bonds is 3. The number of halogens is 1. The third-order valence-corrected chi connectivity index (χ3v) is 6.30. The summed E-state index contributed by atoms with van der Waals surface area (Å²) in [5.74, 6) is -1.71. The van der Waals surface area contributed by atoms with Gasteiger partial charge in [0.25, 0.3) is 0 Å². The van der Waals surface area contributed by atoms with E-state index < -0.39 is 22.8 Å². The molecule has 1 aromatic carbocycles. The molecule has 1 fully saturated rings. The number of nitrogens with zero attached hydrogens (tertiary/aromatic N) is 4. The number of aromatic nitrogens is 2. The Labute approximate surface area is 178 Å². The summed E-state index contributed by atoms with van der Waals surface area (Å²) in [5, 5.41) is 17.6. The van der Waals surface area contributed by atoms with Crippen LogP contribution in [0.1, 0.15) is 49.4 Å². The summed E-state index contributed by atoms with van der Waals surface area (Å²) in [6.45, 7) is 2.70. The van der Waals surface area contributed by atoms with Gasteiger partial charge in [0.2, 0.25) is 0 Å². The van der Waals surface area contributed by atoms with E-state index in [9.17, 15) is 24.1 Å². The molecule has 2 atom stereocenters. The van der Waals surface area contributed by atoms with Crippen LogP contribution in [0.3, 0.4) is 0 Å². The molecule has 31 heavy (non-hydrogen) atoms. The maximum absolute atomic E-state index is 14.1. The minimum atomic E-state index is -0.692. The molecule has 10 heteroatoms. The van der Waals surface area contributed by atoms with E-state index in [2.05, 4.69) is 10.4 Å². The Morgan fingerprint density at radius 1 is 1.23 bits per heavy atom. The number of benzene rings is 1. The van der Waals surface area contributed by atoms with Crippen LogP contribution in [0.25, 0.3) is 0 Å². The molecule has 2 amide bonds. The van der Waals surface area contributed by atoms with Gasteiger partial charge < -0.3 is 20.3 Å². The molecule has 0 bridgehead atoms. The Kier molecular flexibility index (Phi) is 5.71. The van der Waals surface area contributed by atoms with Crippen molar-refractivity contribution in [2.75, 3.05) is 13.1 Å². The molecule has 0 spiro atoms. The number of amides is 2. The van der Waals surface area contributed by atoms with Crippen molar-refractivity contribution in [1.82, 2.24) is 20.0 Å². The van der Waals surface area contributed by atoms with Crippen LogP contribution in [0.15, 0.2) is 30.5 Å². The predicted octanol–water partition coefficient (Wildman–Crippen LogP) is 2.53. The average molecular weight is 429 g/mol. The molecule has 0 saturated carbocycles. The smallest absolute Gasteiger partial charge is 0.358 e. The van der Waals surface area contributed by atoms with Crippen molar-refractivity contribution >= 4 is 17.6 Å². The standard InChI is InChI=1S/C21H24FN5O4/c1-13-5-6-15-16(3-2-4-17(15)22)19(13)23-20(28)21(29)25-10-7-14(8-11-25)26-12-9-18(24-26)27(30)31/h2-4,9,12-14,19H,5-8,10-11H2,1H3,(H,23,28). The Morgan fingerprint density at radius 2 is 1.97 bits per heavy atom. The van der Waals surface area contributed by atoms with Crippen molar-refractivity contribution in [3.63, 3.8) is 0 Å². The lowest BCUT2D eigenvalue weighted by atomic mass is 9.80. The van der Waals surface area contributed by atoms with Gasteiger partial charge in [-0.2, -0.15) is 4.68 Å². The Hall–Kier alpha value is -3.30. The summed E-state index contributed by atoms with van der Waals surface area (Å²) in [6.07, 6.45) is 4.00. The first kappa shape index (κ1) is 21.0. The molecule has 1 aliphatic heterocycles. The van der Waals surface area contributed by atoms with Crippen LogP contribution in [-0.2, 0) is 16.0 Å². The number of nitrogens with one attached hydrogen (secondary N) is 1. The fourth-order valence-electron chi connectivity index (χ4n) is 4.50. The maximum atomic E-state index is 14.1. The van der Waals surface area contributed by atoms with Gasteiger partial charge >= 0.3 is 17.6 Å². The zero-order chi connectivity index (χ0) is 22.1. The summed E-state index contributed by atoms with van der Waals surface area (Å²) < 4.78 is 15.7. The molecule has 2 aliphatic rings. The van der Waals surface area contributed by atoms with Crippen LogP contribution in [-0.4, -0.2) is 44.5 Å². The summed E-state index contributed by atoms with van der Waals surface area (Å²) in [7, 11) is 0. The van der Waals surface area contributed by atoms with Gasteiger partial charge in [-0.1, -0.05) is 19.1 Å². The number of carbonyl (C=O) groups is 2. The largest absolute Gasteiger partial charge is 0.389 e. The molecule has 4 rings (SSSR count).